The monoisotopic (exact) mass is 339 g/mol. The van der Waals surface area contributed by atoms with Gasteiger partial charge in [0.15, 0.2) is 0 Å². The second kappa shape index (κ2) is 6.02. The maximum Gasteiger partial charge on any atom is 0.271 e. The summed E-state index contributed by atoms with van der Waals surface area (Å²) in [5, 5.41) is 9.52. The minimum atomic E-state index is -0.581. The molecule has 0 aromatic carbocycles. The van der Waals surface area contributed by atoms with Crippen molar-refractivity contribution in [2.75, 3.05) is 12.4 Å². The molecule has 2 aromatic heterocycles. The van der Waals surface area contributed by atoms with Gasteiger partial charge in [0.25, 0.3) is 5.56 Å². The van der Waals surface area contributed by atoms with E-state index in [2.05, 4.69) is 36.6 Å². The first-order valence-corrected chi connectivity index (χ1v) is 6.65. The van der Waals surface area contributed by atoms with E-state index in [1.54, 1.807) is 37.2 Å². The van der Waals surface area contributed by atoms with Gasteiger partial charge in [0.05, 0.1) is 6.20 Å². The molecule has 0 fully saturated rings. The summed E-state index contributed by atoms with van der Waals surface area (Å²) in [7, 11) is 3.44. The molecule has 0 saturated heterocycles. The number of carbonyl (C=O) groups excluding carboxylic acids is 1. The van der Waals surface area contributed by atoms with Crippen LogP contribution in [0.3, 0.4) is 0 Å². The van der Waals surface area contributed by atoms with Crippen molar-refractivity contribution in [1.29, 1.82) is 0 Å². The Labute approximate surface area is 123 Å². The Hall–Kier alpha value is -1.93. The number of carbonyl (C=O) groups is 1. The van der Waals surface area contributed by atoms with Gasteiger partial charge in [0, 0.05) is 29.5 Å². The number of H-pyrrole nitrogens is 1. The number of amides is 1. The summed E-state index contributed by atoms with van der Waals surface area (Å²) in [5.41, 5.74) is 0.551. The maximum absolute atomic E-state index is 12.2. The summed E-state index contributed by atoms with van der Waals surface area (Å²) in [6.07, 6.45) is 4.85. The Kier molecular flexibility index (Phi) is 4.35. The van der Waals surface area contributed by atoms with Crippen molar-refractivity contribution >= 4 is 27.5 Å². The molecular formula is C12H14BrN5O2. The number of aryl methyl sites for hydroxylation is 1. The van der Waals surface area contributed by atoms with E-state index in [0.717, 1.165) is 5.56 Å². The highest BCUT2D eigenvalue weighted by Crippen LogP contribution is 2.15. The zero-order valence-corrected chi connectivity index (χ0v) is 12.6. The molecule has 2 aromatic rings. The molecule has 0 bridgehead atoms. The minimum absolute atomic E-state index is 0.188. The van der Waals surface area contributed by atoms with Crippen molar-refractivity contribution < 1.29 is 4.79 Å². The van der Waals surface area contributed by atoms with Gasteiger partial charge in [-0.25, -0.2) is 0 Å². The highest BCUT2D eigenvalue weighted by Gasteiger charge is 2.21. The molecule has 3 N–H and O–H groups in total. The average molecular weight is 340 g/mol. The van der Waals surface area contributed by atoms with E-state index in [4.69, 9.17) is 0 Å². The maximum atomic E-state index is 12.2. The van der Waals surface area contributed by atoms with Gasteiger partial charge >= 0.3 is 0 Å². The lowest BCUT2D eigenvalue weighted by atomic mass is 10.1. The van der Waals surface area contributed by atoms with Crippen LogP contribution in [0.4, 0.5) is 5.69 Å². The van der Waals surface area contributed by atoms with E-state index < -0.39 is 6.04 Å². The lowest BCUT2D eigenvalue weighted by Gasteiger charge is -2.14. The molecule has 0 saturated carbocycles. The minimum Gasteiger partial charge on any atom is -0.326 e. The van der Waals surface area contributed by atoms with E-state index in [1.165, 1.54) is 6.20 Å². The van der Waals surface area contributed by atoms with Crippen LogP contribution in [0.25, 0.3) is 0 Å². The zero-order chi connectivity index (χ0) is 14.7. The number of nitrogens with one attached hydrogen (secondary N) is 3. The van der Waals surface area contributed by atoms with Crippen LogP contribution in [0, 0.1) is 0 Å². The summed E-state index contributed by atoms with van der Waals surface area (Å²) in [4.78, 5) is 26.4. The molecule has 1 atom stereocenters. The number of rotatable bonds is 4. The Bertz CT molecular complexity index is 678. The fourth-order valence-corrected chi connectivity index (χ4v) is 2.14. The molecule has 1 unspecified atom stereocenters. The summed E-state index contributed by atoms with van der Waals surface area (Å²) in [5.74, 6) is -0.330. The van der Waals surface area contributed by atoms with Gasteiger partial charge in [-0.3, -0.25) is 14.3 Å². The van der Waals surface area contributed by atoms with Crippen LogP contribution < -0.4 is 16.2 Å². The topological polar surface area (TPSA) is 91.8 Å². The van der Waals surface area contributed by atoms with Crippen molar-refractivity contribution in [3.05, 3.63) is 45.0 Å². The van der Waals surface area contributed by atoms with Crippen molar-refractivity contribution in [2.45, 2.75) is 6.04 Å². The van der Waals surface area contributed by atoms with Gasteiger partial charge in [-0.05, 0) is 29.0 Å². The first-order valence-electron chi connectivity index (χ1n) is 5.86. The third-order valence-electron chi connectivity index (χ3n) is 2.73. The van der Waals surface area contributed by atoms with Crippen molar-refractivity contribution in [3.63, 3.8) is 0 Å². The number of hydrogen-bond acceptors (Lipinski definition) is 4. The second-order valence-electron chi connectivity index (χ2n) is 4.22. The molecule has 0 radical (unpaired) electrons. The molecule has 106 valence electrons. The molecular weight excluding hydrogens is 326 g/mol. The van der Waals surface area contributed by atoms with Crippen LogP contribution >= 0.6 is 15.9 Å². The van der Waals surface area contributed by atoms with Crippen molar-refractivity contribution in [1.82, 2.24) is 20.1 Å². The van der Waals surface area contributed by atoms with E-state index in [9.17, 15) is 9.59 Å². The number of hydrogen-bond donors (Lipinski definition) is 3. The second-order valence-corrected chi connectivity index (χ2v) is 5.13. The average Bonchev–Trinajstić information content (AvgIpc) is 2.81. The number of nitrogens with zero attached hydrogens (tertiary/aromatic N) is 2. The molecule has 0 aliphatic carbocycles. The van der Waals surface area contributed by atoms with Gasteiger partial charge in [0.1, 0.15) is 11.7 Å². The number of anilines is 1. The number of halogens is 1. The van der Waals surface area contributed by atoms with Crippen LogP contribution in [-0.2, 0) is 11.8 Å². The van der Waals surface area contributed by atoms with E-state index in [1.807, 2.05) is 0 Å². The fraction of sp³-hybridized carbons (Fsp3) is 0.250. The molecule has 7 nitrogen and oxygen atoms in total. The van der Waals surface area contributed by atoms with Gasteiger partial charge in [0.2, 0.25) is 5.91 Å². The highest BCUT2D eigenvalue weighted by atomic mass is 79.9. The van der Waals surface area contributed by atoms with Gasteiger partial charge in [-0.15, -0.1) is 0 Å². The molecule has 8 heteroatoms. The van der Waals surface area contributed by atoms with Gasteiger partial charge in [-0.1, -0.05) is 0 Å². The number of likely N-dealkylation sites (N-methyl/N-ethyl adjacent to an activating group) is 1. The van der Waals surface area contributed by atoms with E-state index in [-0.39, 0.29) is 17.2 Å². The van der Waals surface area contributed by atoms with Crippen LogP contribution in [0.5, 0.6) is 0 Å². The van der Waals surface area contributed by atoms with Crippen molar-refractivity contribution in [2.24, 2.45) is 7.05 Å². The first kappa shape index (κ1) is 14.5. The standard InChI is InChI=1S/C12H14BrN5O2/c1-14-10(7-4-16-18(2)6-7)12(20)17-9-3-8(13)5-15-11(9)19/h3-6,10,14H,1-2H3,(H,15,19)(H,17,20). The zero-order valence-electron chi connectivity index (χ0n) is 11.0. The third-order valence-corrected chi connectivity index (χ3v) is 3.19. The Morgan fingerprint density at radius 2 is 2.30 bits per heavy atom. The Balaban J connectivity index is 2.22. The Morgan fingerprint density at radius 1 is 1.55 bits per heavy atom. The first-order chi connectivity index (χ1) is 9.51. The molecule has 0 spiro atoms. The van der Waals surface area contributed by atoms with Gasteiger partial charge in [-0.2, -0.15) is 5.10 Å². The largest absolute Gasteiger partial charge is 0.326 e. The van der Waals surface area contributed by atoms with Crippen molar-refractivity contribution in [3.8, 4) is 0 Å². The predicted molar refractivity (Wildman–Crippen MR) is 78.4 cm³/mol. The van der Waals surface area contributed by atoms with Crippen LogP contribution in [0.15, 0.2) is 33.9 Å². The SMILES string of the molecule is CNC(C(=O)Nc1cc(Br)c[nH]c1=O)c1cnn(C)c1. The lowest BCUT2D eigenvalue weighted by Crippen LogP contribution is -2.32. The lowest BCUT2D eigenvalue weighted by molar-refractivity contribution is -0.118. The molecule has 20 heavy (non-hydrogen) atoms. The van der Waals surface area contributed by atoms with E-state index in [0.29, 0.717) is 4.47 Å². The molecule has 0 aliphatic heterocycles. The Morgan fingerprint density at radius 3 is 2.90 bits per heavy atom. The summed E-state index contributed by atoms with van der Waals surface area (Å²) in [6.45, 7) is 0. The molecule has 2 rings (SSSR count). The molecule has 0 aliphatic rings. The highest BCUT2D eigenvalue weighted by molar-refractivity contribution is 9.10. The van der Waals surface area contributed by atoms with Crippen LogP contribution in [-0.4, -0.2) is 27.7 Å². The molecule has 2 heterocycles. The smallest absolute Gasteiger partial charge is 0.271 e. The van der Waals surface area contributed by atoms with E-state index >= 15 is 0 Å². The summed E-state index contributed by atoms with van der Waals surface area (Å²) in [6, 6.07) is 0.967. The van der Waals surface area contributed by atoms with Crippen LogP contribution in [0.2, 0.25) is 0 Å². The number of aromatic nitrogens is 3. The molecule has 1 amide bonds. The third kappa shape index (κ3) is 3.14. The normalized spacial score (nSPS) is 12.2. The number of aromatic amines is 1. The number of pyridine rings is 1. The van der Waals surface area contributed by atoms with Crippen LogP contribution in [0.1, 0.15) is 11.6 Å². The fourth-order valence-electron chi connectivity index (χ4n) is 1.79. The summed E-state index contributed by atoms with van der Waals surface area (Å²) >= 11 is 3.24. The quantitative estimate of drug-likeness (QED) is 0.767. The predicted octanol–water partition coefficient (Wildman–Crippen LogP) is 0.770. The van der Waals surface area contributed by atoms with Gasteiger partial charge < -0.3 is 15.6 Å². The summed E-state index contributed by atoms with van der Waals surface area (Å²) < 4.78 is 2.29.